The Morgan fingerprint density at radius 3 is 2.91 bits per heavy atom. The number of carbonyl (C=O) groups excluding carboxylic acids is 3. The number of amides is 2. The largest absolute Gasteiger partial charge is 0.466 e. The van der Waals surface area contributed by atoms with Gasteiger partial charge in [0.1, 0.15) is 23.8 Å². The van der Waals surface area contributed by atoms with Crippen molar-refractivity contribution in [2.24, 2.45) is 11.8 Å². The highest BCUT2D eigenvalue weighted by Crippen LogP contribution is 2.60. The number of nitrogens with zero attached hydrogens (tertiary/aromatic N) is 4. The summed E-state index contributed by atoms with van der Waals surface area (Å²) in [6.45, 7) is 2.24. The monoisotopic (exact) mass is 549 g/mol. The Kier molecular flexibility index (Phi) is 6.53. The zero-order chi connectivity index (χ0) is 24.7. The van der Waals surface area contributed by atoms with Crippen LogP contribution in [0.2, 0.25) is 0 Å². The lowest BCUT2D eigenvalue weighted by atomic mass is 9.70. The molecule has 3 saturated heterocycles. The predicted molar refractivity (Wildman–Crippen MR) is 126 cm³/mol. The molecule has 35 heavy (non-hydrogen) atoms. The molecule has 3 aliphatic rings. The van der Waals surface area contributed by atoms with E-state index in [1.807, 2.05) is 24.3 Å². The molecule has 0 aliphatic carbocycles. The summed E-state index contributed by atoms with van der Waals surface area (Å²) in [6.07, 6.45) is 0.891. The van der Waals surface area contributed by atoms with Crippen molar-refractivity contribution in [1.29, 1.82) is 0 Å². The van der Waals surface area contributed by atoms with E-state index in [0.717, 1.165) is 5.52 Å². The molecule has 2 bridgehead atoms. The van der Waals surface area contributed by atoms with Gasteiger partial charge in [-0.05, 0) is 38.3 Å². The maximum Gasteiger partial charge on any atom is 0.312 e. The average molecular weight is 550 g/mol. The van der Waals surface area contributed by atoms with Gasteiger partial charge in [0.15, 0.2) is 0 Å². The number of aromatic nitrogens is 3. The molecular weight excluding hydrogens is 522 g/mol. The molecule has 1 aromatic heterocycles. The van der Waals surface area contributed by atoms with E-state index >= 15 is 0 Å². The quantitative estimate of drug-likeness (QED) is 0.263. The van der Waals surface area contributed by atoms with E-state index in [4.69, 9.17) is 9.47 Å². The Hall–Kier alpha value is -2.57. The van der Waals surface area contributed by atoms with Crippen molar-refractivity contribution in [3.63, 3.8) is 0 Å². The van der Waals surface area contributed by atoms with Crippen LogP contribution in [0.15, 0.2) is 24.3 Å². The van der Waals surface area contributed by atoms with E-state index in [0.29, 0.717) is 24.8 Å². The molecule has 2 aromatic rings. The van der Waals surface area contributed by atoms with Crippen LogP contribution < -0.4 is 5.32 Å². The second-order valence-corrected chi connectivity index (χ2v) is 10.3. The molecule has 0 radical (unpaired) electrons. The molecule has 0 saturated carbocycles. The van der Waals surface area contributed by atoms with E-state index < -0.39 is 35.6 Å². The Balaban J connectivity index is 1.44. The minimum atomic E-state index is -1.14. The molecule has 12 heteroatoms. The number of hydrogen-bond acceptors (Lipinski definition) is 8. The number of ether oxygens (including phenoxy) is 2. The number of fused-ring (bicyclic) bond motifs is 2. The fourth-order valence-electron chi connectivity index (χ4n) is 5.86. The van der Waals surface area contributed by atoms with Crippen molar-refractivity contribution in [1.82, 2.24) is 25.2 Å². The number of alkyl halides is 1. The number of benzene rings is 1. The minimum Gasteiger partial charge on any atom is -0.466 e. The fraction of sp³-hybridized carbons (Fsp3) is 0.609. The first-order chi connectivity index (χ1) is 16.9. The zero-order valence-corrected chi connectivity index (χ0v) is 20.9. The topological polar surface area (TPSA) is 136 Å². The van der Waals surface area contributed by atoms with Crippen molar-refractivity contribution in [2.75, 3.05) is 19.8 Å². The summed E-state index contributed by atoms with van der Waals surface area (Å²) in [6, 6.07) is 6.50. The van der Waals surface area contributed by atoms with Crippen LogP contribution in [0.4, 0.5) is 0 Å². The van der Waals surface area contributed by atoms with Gasteiger partial charge < -0.3 is 24.8 Å². The summed E-state index contributed by atoms with van der Waals surface area (Å²) in [5.74, 6) is -2.72. The van der Waals surface area contributed by atoms with Crippen molar-refractivity contribution in [3.8, 4) is 0 Å². The van der Waals surface area contributed by atoms with Crippen molar-refractivity contribution < 1.29 is 29.0 Å². The smallest absolute Gasteiger partial charge is 0.312 e. The van der Waals surface area contributed by atoms with Crippen molar-refractivity contribution in [2.45, 2.75) is 55.4 Å². The third kappa shape index (κ3) is 3.82. The number of hydrogen-bond donors (Lipinski definition) is 2. The molecule has 11 nitrogen and oxygen atoms in total. The third-order valence-corrected chi connectivity index (χ3v) is 8.07. The van der Waals surface area contributed by atoms with Gasteiger partial charge in [-0.2, -0.15) is 0 Å². The zero-order valence-electron chi connectivity index (χ0n) is 19.3. The first-order valence-corrected chi connectivity index (χ1v) is 12.8. The molecule has 6 atom stereocenters. The molecule has 2 N–H and O–H groups in total. The van der Waals surface area contributed by atoms with Crippen molar-refractivity contribution >= 4 is 44.7 Å². The molecule has 188 valence electrons. The van der Waals surface area contributed by atoms with E-state index in [1.165, 1.54) is 4.90 Å². The van der Waals surface area contributed by atoms with Gasteiger partial charge in [0, 0.05) is 18.0 Å². The van der Waals surface area contributed by atoms with Gasteiger partial charge in [0.05, 0.1) is 30.1 Å². The summed E-state index contributed by atoms with van der Waals surface area (Å²) in [5, 5.41) is 20.4. The number of unbranched alkanes of at least 4 members (excludes halogenated alkanes) is 1. The van der Waals surface area contributed by atoms with Crippen LogP contribution in [0, 0.1) is 11.8 Å². The highest BCUT2D eigenvalue weighted by atomic mass is 79.9. The third-order valence-electron chi connectivity index (χ3n) is 7.23. The van der Waals surface area contributed by atoms with Gasteiger partial charge in [-0.25, -0.2) is 4.68 Å². The Bertz CT molecular complexity index is 1140. The Labute approximate surface area is 210 Å². The maximum atomic E-state index is 13.7. The van der Waals surface area contributed by atoms with Crippen LogP contribution in [0.5, 0.6) is 0 Å². The van der Waals surface area contributed by atoms with Gasteiger partial charge in [0.2, 0.25) is 11.8 Å². The molecule has 4 heterocycles. The molecule has 1 aromatic carbocycles. The maximum absolute atomic E-state index is 13.7. The molecule has 5 rings (SSSR count). The number of likely N-dealkylation sites (tertiary alicyclic amines) is 1. The number of aliphatic hydroxyl groups excluding tert-OH is 1. The number of halogens is 1. The normalized spacial score (nSPS) is 31.2. The number of carbonyl (C=O) groups is 3. The summed E-state index contributed by atoms with van der Waals surface area (Å²) in [5.41, 5.74) is 0.340. The Morgan fingerprint density at radius 1 is 1.34 bits per heavy atom. The average Bonchev–Trinajstić information content (AvgIpc) is 3.55. The van der Waals surface area contributed by atoms with E-state index in [1.54, 1.807) is 11.6 Å². The second kappa shape index (κ2) is 9.47. The van der Waals surface area contributed by atoms with E-state index in [-0.39, 0.29) is 43.1 Å². The van der Waals surface area contributed by atoms with Crippen LogP contribution in [0.1, 0.15) is 26.2 Å². The van der Waals surface area contributed by atoms with Gasteiger partial charge in [0.25, 0.3) is 0 Å². The predicted octanol–water partition coefficient (Wildman–Crippen LogP) is 0.589. The highest BCUT2D eigenvalue weighted by molar-refractivity contribution is 9.09. The lowest BCUT2D eigenvalue weighted by Crippen LogP contribution is -2.56. The number of nitrogens with one attached hydrogen (secondary N) is 1. The van der Waals surface area contributed by atoms with Crippen LogP contribution in [0.25, 0.3) is 11.0 Å². The SMILES string of the molecule is CCOC(=O)[C@H]1[C@@H]2O[C@@]3(CC2Br)[C@@H]1C(=O)N(CCCCO)[C@@H]3C(=O)NCn1nnc2ccccc21. The number of esters is 1. The molecule has 3 fully saturated rings. The van der Waals surface area contributed by atoms with Crippen molar-refractivity contribution in [3.05, 3.63) is 24.3 Å². The van der Waals surface area contributed by atoms with Gasteiger partial charge >= 0.3 is 5.97 Å². The standard InChI is InChI=1S/C23H28BrN5O6/c1-2-34-22(33)16-17-21(32)28(9-5-6-10-30)19(23(17)11-13(24)18(16)35-23)20(31)25-12-29-15-8-4-3-7-14(15)26-27-29/h3-4,7-8,13,16-19,30H,2,5-6,9-12H2,1H3,(H,25,31)/t13?,16-,17+,18-,19-,23+/m1/s1. The molecule has 1 unspecified atom stereocenters. The number of aliphatic hydroxyl groups is 1. The van der Waals surface area contributed by atoms with Crippen LogP contribution in [-0.2, 0) is 30.5 Å². The van der Waals surface area contributed by atoms with Crippen LogP contribution >= 0.6 is 15.9 Å². The summed E-state index contributed by atoms with van der Waals surface area (Å²) in [4.78, 5) is 41.5. The fourth-order valence-corrected chi connectivity index (χ4v) is 6.80. The van der Waals surface area contributed by atoms with Crippen LogP contribution in [-0.4, -0.2) is 85.1 Å². The molecule has 2 amide bonds. The highest BCUT2D eigenvalue weighted by Gasteiger charge is 2.76. The second-order valence-electron chi connectivity index (χ2n) is 9.15. The first kappa shape index (κ1) is 24.1. The number of para-hydroxylation sites is 1. The summed E-state index contributed by atoms with van der Waals surface area (Å²) >= 11 is 3.61. The molecule has 3 aliphatic heterocycles. The number of rotatable bonds is 9. The first-order valence-electron chi connectivity index (χ1n) is 11.9. The summed E-state index contributed by atoms with van der Waals surface area (Å²) in [7, 11) is 0. The lowest BCUT2D eigenvalue weighted by Gasteiger charge is -2.34. The Morgan fingerprint density at radius 2 is 2.14 bits per heavy atom. The summed E-state index contributed by atoms with van der Waals surface area (Å²) < 4.78 is 13.2. The van der Waals surface area contributed by atoms with Gasteiger partial charge in [-0.3, -0.25) is 14.4 Å². The molecule has 1 spiro atoms. The van der Waals surface area contributed by atoms with Gasteiger partial charge in [-0.1, -0.05) is 33.3 Å². The van der Waals surface area contributed by atoms with Crippen LogP contribution in [0.3, 0.4) is 0 Å². The minimum absolute atomic E-state index is 0.0136. The van der Waals surface area contributed by atoms with E-state index in [2.05, 4.69) is 31.6 Å². The van der Waals surface area contributed by atoms with Gasteiger partial charge in [-0.15, -0.1) is 5.10 Å². The molecular formula is C23H28BrN5O6. The van der Waals surface area contributed by atoms with E-state index in [9.17, 15) is 19.5 Å². The lowest BCUT2D eigenvalue weighted by molar-refractivity contribution is -0.154.